The van der Waals surface area contributed by atoms with E-state index in [1.807, 2.05) is 64.3 Å². The molecule has 16 heavy (non-hydrogen) atoms. The fraction of sp³-hybridized carbons (Fsp3) is 0.0833. The molecule has 0 aliphatic heterocycles. The van der Waals surface area contributed by atoms with Gasteiger partial charge in [0.25, 0.3) is 5.69 Å². The Morgan fingerprint density at radius 3 is 2.44 bits per heavy atom. The van der Waals surface area contributed by atoms with Crippen LogP contribution in [0.3, 0.4) is 0 Å². The topological polar surface area (TPSA) is 50.9 Å². The Balaban J connectivity index is 2.44. The van der Waals surface area contributed by atoms with Crippen molar-refractivity contribution in [2.45, 2.75) is 6.42 Å². The highest BCUT2D eigenvalue weighted by atomic mass is 16.1. The molecule has 0 spiro atoms. The van der Waals surface area contributed by atoms with E-state index in [2.05, 4.69) is 0 Å². The first-order valence-corrected chi connectivity index (χ1v) is 5.02. The average molecular weight is 215 g/mol. The highest BCUT2D eigenvalue weighted by Crippen LogP contribution is 1.90. The maximum Gasteiger partial charge on any atom is 0.263 e. The van der Waals surface area contributed by atoms with Crippen LogP contribution in [0.5, 0.6) is 0 Å². The van der Waals surface area contributed by atoms with Crippen molar-refractivity contribution in [2.24, 2.45) is 5.73 Å². The summed E-state index contributed by atoms with van der Waals surface area (Å²) < 4.78 is 3.77. The van der Waals surface area contributed by atoms with Gasteiger partial charge in [0.05, 0.1) is 9.35 Å². The summed E-state index contributed by atoms with van der Waals surface area (Å²) in [6, 6.07) is 11.5. The Morgan fingerprint density at radius 1 is 1.06 bits per heavy atom. The number of hydrogen-bond donors (Lipinski definition) is 1. The first-order chi connectivity index (χ1) is 7.77. The first kappa shape index (κ1) is 10.3. The van der Waals surface area contributed by atoms with Crippen molar-refractivity contribution in [2.75, 3.05) is 0 Å². The SMILES string of the molecule is NC(=O)Cc1cccc[n+]1-[n+]1ccccc1. The summed E-state index contributed by atoms with van der Waals surface area (Å²) >= 11 is 0. The van der Waals surface area contributed by atoms with E-state index < -0.39 is 0 Å². The number of primary amides is 1. The molecule has 0 aliphatic carbocycles. The Hall–Kier alpha value is -2.23. The molecular weight excluding hydrogens is 202 g/mol. The third-order valence-corrected chi connectivity index (χ3v) is 2.23. The number of carbonyl (C=O) groups excluding carboxylic acids is 1. The zero-order chi connectivity index (χ0) is 11.4. The van der Waals surface area contributed by atoms with E-state index in [1.165, 1.54) is 0 Å². The van der Waals surface area contributed by atoms with E-state index in [4.69, 9.17) is 5.73 Å². The fourth-order valence-electron chi connectivity index (χ4n) is 1.55. The molecule has 80 valence electrons. The van der Waals surface area contributed by atoms with Gasteiger partial charge in [-0.25, -0.2) is 0 Å². The molecule has 0 aromatic carbocycles. The van der Waals surface area contributed by atoms with E-state index in [0.717, 1.165) is 5.69 Å². The quantitative estimate of drug-likeness (QED) is 0.696. The minimum Gasteiger partial charge on any atom is -0.369 e. The Morgan fingerprint density at radius 2 is 1.75 bits per heavy atom. The van der Waals surface area contributed by atoms with Gasteiger partial charge < -0.3 is 5.73 Å². The summed E-state index contributed by atoms with van der Waals surface area (Å²) in [6.07, 6.45) is 5.93. The largest absolute Gasteiger partial charge is 0.369 e. The summed E-state index contributed by atoms with van der Waals surface area (Å²) in [7, 11) is 0. The van der Waals surface area contributed by atoms with Gasteiger partial charge >= 0.3 is 0 Å². The summed E-state index contributed by atoms with van der Waals surface area (Å²) in [5.41, 5.74) is 6.06. The minimum atomic E-state index is -0.337. The molecular formula is C12H13N3O+2. The molecule has 2 aromatic rings. The molecule has 0 unspecified atom stereocenters. The lowest BCUT2D eigenvalue weighted by Gasteiger charge is -1.94. The van der Waals surface area contributed by atoms with Gasteiger partial charge in [-0.1, -0.05) is 0 Å². The summed E-state index contributed by atoms with van der Waals surface area (Å²) in [4.78, 5) is 11.0. The maximum absolute atomic E-state index is 11.0. The van der Waals surface area contributed by atoms with Crippen LogP contribution in [0.4, 0.5) is 0 Å². The van der Waals surface area contributed by atoms with Crippen LogP contribution in [-0.2, 0) is 11.2 Å². The van der Waals surface area contributed by atoms with E-state index >= 15 is 0 Å². The van der Waals surface area contributed by atoms with Crippen molar-refractivity contribution in [1.29, 1.82) is 0 Å². The lowest BCUT2D eigenvalue weighted by atomic mass is 10.2. The number of aromatic nitrogens is 2. The van der Waals surface area contributed by atoms with Gasteiger partial charge in [-0.2, -0.15) is 0 Å². The van der Waals surface area contributed by atoms with Crippen molar-refractivity contribution in [3.05, 3.63) is 60.7 Å². The van der Waals surface area contributed by atoms with Crippen LogP contribution in [0, 0.1) is 0 Å². The van der Waals surface area contributed by atoms with Crippen molar-refractivity contribution >= 4 is 5.91 Å². The van der Waals surface area contributed by atoms with Crippen molar-refractivity contribution in [3.8, 4) is 0 Å². The number of carbonyl (C=O) groups is 1. The Kier molecular flexibility index (Phi) is 2.91. The van der Waals surface area contributed by atoms with E-state index in [1.54, 1.807) is 0 Å². The van der Waals surface area contributed by atoms with Gasteiger partial charge in [0, 0.05) is 24.3 Å². The Bertz CT molecular complexity index is 497. The maximum atomic E-state index is 11.0. The van der Waals surface area contributed by atoms with E-state index in [-0.39, 0.29) is 12.3 Å². The Labute approximate surface area is 93.5 Å². The van der Waals surface area contributed by atoms with Crippen molar-refractivity contribution in [1.82, 2.24) is 0 Å². The number of amides is 1. The molecule has 2 aromatic heterocycles. The van der Waals surface area contributed by atoms with Gasteiger partial charge in [-0.05, 0) is 12.1 Å². The molecule has 2 heterocycles. The molecule has 1 amide bonds. The molecule has 4 nitrogen and oxygen atoms in total. The van der Waals surface area contributed by atoms with Crippen LogP contribution in [0.25, 0.3) is 0 Å². The fourth-order valence-corrected chi connectivity index (χ4v) is 1.55. The molecule has 0 radical (unpaired) electrons. The molecule has 0 aliphatic rings. The van der Waals surface area contributed by atoms with Gasteiger partial charge in [-0.3, -0.25) is 4.79 Å². The van der Waals surface area contributed by atoms with Crippen LogP contribution in [-0.4, -0.2) is 5.91 Å². The highest BCUT2D eigenvalue weighted by molar-refractivity contribution is 5.75. The molecule has 4 heteroatoms. The highest BCUT2D eigenvalue weighted by Gasteiger charge is 2.19. The van der Waals surface area contributed by atoms with Crippen LogP contribution in [0.15, 0.2) is 55.0 Å². The van der Waals surface area contributed by atoms with E-state index in [9.17, 15) is 4.79 Å². The van der Waals surface area contributed by atoms with E-state index in [0.29, 0.717) is 0 Å². The van der Waals surface area contributed by atoms with Crippen LogP contribution >= 0.6 is 0 Å². The molecule has 0 saturated heterocycles. The van der Waals surface area contributed by atoms with Gasteiger partial charge in [-0.15, -0.1) is 0 Å². The molecule has 0 saturated carbocycles. The summed E-state index contributed by atoms with van der Waals surface area (Å²) in [5, 5.41) is 0. The molecule has 2 N–H and O–H groups in total. The molecule has 2 rings (SSSR count). The zero-order valence-electron chi connectivity index (χ0n) is 8.78. The number of rotatable bonds is 3. The lowest BCUT2D eigenvalue weighted by Crippen LogP contribution is -2.67. The van der Waals surface area contributed by atoms with Gasteiger partial charge in [0.15, 0.2) is 0 Å². The zero-order valence-corrected chi connectivity index (χ0v) is 8.78. The number of nitrogens with two attached hydrogens (primary N) is 1. The average Bonchev–Trinajstić information content (AvgIpc) is 2.30. The normalized spacial score (nSPS) is 10.0. The lowest BCUT2D eigenvalue weighted by molar-refractivity contribution is -1.30. The number of hydrogen-bond acceptors (Lipinski definition) is 1. The second-order valence-corrected chi connectivity index (χ2v) is 3.44. The van der Waals surface area contributed by atoms with Crippen LogP contribution in [0.2, 0.25) is 0 Å². The third kappa shape index (κ3) is 2.23. The molecule has 0 atom stereocenters. The second kappa shape index (κ2) is 4.53. The van der Waals surface area contributed by atoms with Crippen LogP contribution in [0.1, 0.15) is 5.69 Å². The first-order valence-electron chi connectivity index (χ1n) is 5.02. The number of pyridine rings is 2. The molecule has 0 fully saturated rings. The second-order valence-electron chi connectivity index (χ2n) is 3.44. The van der Waals surface area contributed by atoms with Crippen molar-refractivity contribution < 1.29 is 14.1 Å². The standard InChI is InChI=1S/C12H12N3O/c13-12(16)10-11-6-2-5-9-15(11)14-7-3-1-4-8-14/h1-9H,10H2,(H-,13,16)/q+1/p+1. The summed E-state index contributed by atoms with van der Waals surface area (Å²) in [6.45, 7) is 0. The smallest absolute Gasteiger partial charge is 0.263 e. The third-order valence-electron chi connectivity index (χ3n) is 2.23. The van der Waals surface area contributed by atoms with Gasteiger partial charge in [0.1, 0.15) is 6.42 Å². The van der Waals surface area contributed by atoms with Crippen molar-refractivity contribution in [3.63, 3.8) is 0 Å². The van der Waals surface area contributed by atoms with Gasteiger partial charge in [0.2, 0.25) is 24.5 Å². The number of nitrogens with zero attached hydrogens (tertiary/aromatic N) is 2. The van der Waals surface area contributed by atoms with Crippen LogP contribution < -0.4 is 15.1 Å². The predicted molar refractivity (Wildman–Crippen MR) is 57.0 cm³/mol. The molecule has 0 bridgehead atoms. The monoisotopic (exact) mass is 215 g/mol. The summed E-state index contributed by atoms with van der Waals surface area (Å²) in [5.74, 6) is -0.337. The minimum absolute atomic E-state index is 0.225. The predicted octanol–water partition coefficient (Wildman–Crippen LogP) is -0.399.